The molecule has 2 nitrogen and oxygen atoms in total. The first kappa shape index (κ1) is 8.26. The van der Waals surface area contributed by atoms with Crippen molar-refractivity contribution in [1.82, 2.24) is 0 Å². The van der Waals surface area contributed by atoms with Crippen molar-refractivity contribution in [2.75, 3.05) is 0 Å². The number of hydrogen-bond donors (Lipinski definition) is 1. The van der Waals surface area contributed by atoms with Gasteiger partial charge in [0.05, 0.1) is 6.04 Å². The van der Waals surface area contributed by atoms with Crippen LogP contribution in [0.3, 0.4) is 0 Å². The molecule has 0 saturated carbocycles. The van der Waals surface area contributed by atoms with Crippen LogP contribution in [0.25, 0.3) is 11.0 Å². The topological polar surface area (TPSA) is 39.2 Å². The minimum Gasteiger partial charge on any atom is -0.459 e. The second kappa shape index (κ2) is 2.85. The summed E-state index contributed by atoms with van der Waals surface area (Å²) in [5.41, 5.74) is 6.30. The zero-order valence-corrected chi connectivity index (χ0v) is 7.25. The second-order valence-electron chi connectivity index (χ2n) is 3.12. The SMILES string of the molecule is C[C@H](N)c1cc2cc(F)ccc2o1. The molecule has 13 heavy (non-hydrogen) atoms. The second-order valence-corrected chi connectivity index (χ2v) is 3.12. The van der Waals surface area contributed by atoms with Crippen molar-refractivity contribution in [3.63, 3.8) is 0 Å². The number of furan rings is 1. The zero-order valence-electron chi connectivity index (χ0n) is 7.25. The number of benzene rings is 1. The monoisotopic (exact) mass is 179 g/mol. The number of nitrogens with two attached hydrogens (primary N) is 1. The highest BCUT2D eigenvalue weighted by Gasteiger charge is 2.07. The molecule has 1 aromatic carbocycles. The standard InChI is InChI=1S/C10H10FNO/c1-6(12)10-5-7-4-8(11)2-3-9(7)13-10/h2-6H,12H2,1H3/t6-/m0/s1. The molecule has 2 rings (SSSR count). The van der Waals surface area contributed by atoms with Gasteiger partial charge in [-0.15, -0.1) is 0 Å². The van der Waals surface area contributed by atoms with Crippen LogP contribution < -0.4 is 5.73 Å². The summed E-state index contributed by atoms with van der Waals surface area (Å²) in [6.45, 7) is 1.83. The van der Waals surface area contributed by atoms with Gasteiger partial charge in [0, 0.05) is 5.39 Å². The van der Waals surface area contributed by atoms with Gasteiger partial charge in [-0.2, -0.15) is 0 Å². The molecule has 0 radical (unpaired) electrons. The normalized spacial score (nSPS) is 13.5. The number of rotatable bonds is 1. The van der Waals surface area contributed by atoms with Crippen molar-refractivity contribution in [1.29, 1.82) is 0 Å². The third kappa shape index (κ3) is 1.42. The number of hydrogen-bond acceptors (Lipinski definition) is 2. The van der Waals surface area contributed by atoms with E-state index in [1.807, 2.05) is 6.92 Å². The molecule has 0 amide bonds. The van der Waals surface area contributed by atoms with E-state index in [-0.39, 0.29) is 11.9 Å². The fraction of sp³-hybridized carbons (Fsp3) is 0.200. The minimum atomic E-state index is -0.260. The van der Waals surface area contributed by atoms with Crippen LogP contribution in [0.4, 0.5) is 4.39 Å². The van der Waals surface area contributed by atoms with Crippen LogP contribution in [0.5, 0.6) is 0 Å². The summed E-state index contributed by atoms with van der Waals surface area (Å²) >= 11 is 0. The van der Waals surface area contributed by atoms with Gasteiger partial charge in [0.2, 0.25) is 0 Å². The van der Waals surface area contributed by atoms with E-state index in [0.717, 1.165) is 5.39 Å². The molecular weight excluding hydrogens is 169 g/mol. The summed E-state index contributed by atoms with van der Waals surface area (Å²) in [5, 5.41) is 0.757. The van der Waals surface area contributed by atoms with Crippen molar-refractivity contribution in [2.24, 2.45) is 5.73 Å². The molecule has 1 atom stereocenters. The predicted octanol–water partition coefficient (Wildman–Crippen LogP) is 2.59. The van der Waals surface area contributed by atoms with Crippen LogP contribution in [0.2, 0.25) is 0 Å². The van der Waals surface area contributed by atoms with Crippen LogP contribution in [0.1, 0.15) is 18.7 Å². The molecule has 2 N–H and O–H groups in total. The van der Waals surface area contributed by atoms with Crippen molar-refractivity contribution >= 4 is 11.0 Å². The summed E-state index contributed by atoms with van der Waals surface area (Å²) in [5.74, 6) is 0.421. The highest BCUT2D eigenvalue weighted by molar-refractivity contribution is 5.77. The first-order chi connectivity index (χ1) is 6.16. The summed E-state index contributed by atoms with van der Waals surface area (Å²) in [4.78, 5) is 0. The molecule has 0 bridgehead atoms. The van der Waals surface area contributed by atoms with Crippen molar-refractivity contribution < 1.29 is 8.81 Å². The Balaban J connectivity index is 2.62. The molecule has 0 aliphatic carbocycles. The van der Waals surface area contributed by atoms with Crippen LogP contribution in [-0.2, 0) is 0 Å². The van der Waals surface area contributed by atoms with Gasteiger partial charge in [0.15, 0.2) is 0 Å². The Morgan fingerprint density at radius 2 is 2.15 bits per heavy atom. The van der Waals surface area contributed by atoms with Gasteiger partial charge < -0.3 is 10.2 Å². The van der Waals surface area contributed by atoms with Crippen LogP contribution in [0, 0.1) is 5.82 Å². The summed E-state index contributed by atoms with van der Waals surface area (Å²) in [7, 11) is 0. The lowest BCUT2D eigenvalue weighted by Gasteiger charge is -1.96. The Hall–Kier alpha value is -1.35. The maximum Gasteiger partial charge on any atom is 0.134 e. The predicted molar refractivity (Wildman–Crippen MR) is 48.8 cm³/mol. The Morgan fingerprint density at radius 1 is 1.38 bits per heavy atom. The number of fused-ring (bicyclic) bond motifs is 1. The van der Waals surface area contributed by atoms with E-state index in [9.17, 15) is 4.39 Å². The molecule has 0 saturated heterocycles. The molecule has 3 heteroatoms. The average Bonchev–Trinajstić information content (AvgIpc) is 2.46. The third-order valence-corrected chi connectivity index (χ3v) is 1.95. The molecule has 0 spiro atoms. The average molecular weight is 179 g/mol. The molecule has 0 aliphatic rings. The zero-order chi connectivity index (χ0) is 9.42. The number of halogens is 1. The molecule has 2 aromatic rings. The highest BCUT2D eigenvalue weighted by Crippen LogP contribution is 2.23. The van der Waals surface area contributed by atoms with E-state index in [1.54, 1.807) is 12.1 Å². The first-order valence-corrected chi connectivity index (χ1v) is 4.11. The van der Waals surface area contributed by atoms with Crippen LogP contribution in [-0.4, -0.2) is 0 Å². The molecule has 0 aliphatic heterocycles. The fourth-order valence-electron chi connectivity index (χ4n) is 1.26. The van der Waals surface area contributed by atoms with Gasteiger partial charge in [-0.1, -0.05) is 0 Å². The van der Waals surface area contributed by atoms with Gasteiger partial charge in [-0.25, -0.2) is 4.39 Å². The smallest absolute Gasteiger partial charge is 0.134 e. The Morgan fingerprint density at radius 3 is 2.85 bits per heavy atom. The van der Waals surface area contributed by atoms with E-state index < -0.39 is 0 Å². The molecular formula is C10H10FNO. The lowest BCUT2D eigenvalue weighted by atomic mass is 10.2. The molecule has 1 heterocycles. The van der Waals surface area contributed by atoms with Crippen LogP contribution in [0.15, 0.2) is 28.7 Å². The van der Waals surface area contributed by atoms with Gasteiger partial charge >= 0.3 is 0 Å². The van der Waals surface area contributed by atoms with Gasteiger partial charge in [-0.3, -0.25) is 0 Å². The van der Waals surface area contributed by atoms with Gasteiger partial charge in [0.25, 0.3) is 0 Å². The molecule has 0 fully saturated rings. The van der Waals surface area contributed by atoms with Crippen LogP contribution >= 0.6 is 0 Å². The van der Waals surface area contributed by atoms with Crippen molar-refractivity contribution in [2.45, 2.75) is 13.0 Å². The van der Waals surface area contributed by atoms with Crippen molar-refractivity contribution in [3.05, 3.63) is 35.8 Å². The van der Waals surface area contributed by atoms with E-state index >= 15 is 0 Å². The van der Waals surface area contributed by atoms with Gasteiger partial charge in [-0.05, 0) is 31.2 Å². The molecule has 68 valence electrons. The van der Waals surface area contributed by atoms with E-state index in [2.05, 4.69) is 0 Å². The minimum absolute atomic E-state index is 0.157. The fourth-order valence-corrected chi connectivity index (χ4v) is 1.26. The summed E-state index contributed by atoms with van der Waals surface area (Å²) < 4.78 is 18.2. The first-order valence-electron chi connectivity index (χ1n) is 4.11. The molecule has 0 unspecified atom stereocenters. The lowest BCUT2D eigenvalue weighted by Crippen LogP contribution is -2.02. The third-order valence-electron chi connectivity index (χ3n) is 1.95. The maximum atomic E-state index is 12.8. The quantitative estimate of drug-likeness (QED) is 0.730. The lowest BCUT2D eigenvalue weighted by molar-refractivity contribution is 0.512. The van der Waals surface area contributed by atoms with E-state index in [0.29, 0.717) is 11.3 Å². The highest BCUT2D eigenvalue weighted by atomic mass is 19.1. The maximum absolute atomic E-state index is 12.8. The molecule has 1 aromatic heterocycles. The van der Waals surface area contributed by atoms with Crippen molar-refractivity contribution in [3.8, 4) is 0 Å². The Labute approximate surface area is 75.1 Å². The Bertz CT molecular complexity index is 433. The summed E-state index contributed by atoms with van der Waals surface area (Å²) in [6, 6.07) is 6.02. The largest absolute Gasteiger partial charge is 0.459 e. The van der Waals surface area contributed by atoms with E-state index in [4.69, 9.17) is 10.2 Å². The van der Waals surface area contributed by atoms with E-state index in [1.165, 1.54) is 12.1 Å². The summed E-state index contributed by atoms with van der Waals surface area (Å²) in [6.07, 6.45) is 0. The van der Waals surface area contributed by atoms with Gasteiger partial charge in [0.1, 0.15) is 17.2 Å². The Kier molecular flexibility index (Phi) is 1.81.